The van der Waals surface area contributed by atoms with Crippen LogP contribution in [0, 0.1) is 10.1 Å². The lowest BCUT2D eigenvalue weighted by Gasteiger charge is -1.86. The summed E-state index contributed by atoms with van der Waals surface area (Å²) in [6, 6.07) is 0. The first-order valence-electron chi connectivity index (χ1n) is 2.17. The third-order valence-electron chi connectivity index (χ3n) is 0.641. The molecule has 0 aliphatic rings. The van der Waals surface area contributed by atoms with E-state index in [1.807, 2.05) is 0 Å². The average Bonchev–Trinajstić information content (AvgIpc) is 1.67. The Morgan fingerprint density at radius 1 is 1.88 bits per heavy atom. The van der Waals surface area contributed by atoms with Crippen molar-refractivity contribution < 1.29 is 4.92 Å². The standard InChI is InChI=1S/C4H8N2O2/c1-4(3-5-2)6(7)8/h3,5H,1-2H3/b4-3-. The van der Waals surface area contributed by atoms with Crippen molar-refractivity contribution in [1.82, 2.24) is 5.32 Å². The normalized spacial score (nSPS) is 11.0. The molecule has 0 heterocycles. The molecule has 4 heteroatoms. The fourth-order valence-corrected chi connectivity index (χ4v) is 0.262. The maximum absolute atomic E-state index is 9.79. The average molecular weight is 116 g/mol. The van der Waals surface area contributed by atoms with Gasteiger partial charge in [-0.1, -0.05) is 0 Å². The molecule has 0 radical (unpaired) electrons. The summed E-state index contributed by atoms with van der Waals surface area (Å²) < 4.78 is 0. The van der Waals surface area contributed by atoms with E-state index in [4.69, 9.17) is 0 Å². The Morgan fingerprint density at radius 3 is 2.50 bits per heavy atom. The molecule has 0 rings (SSSR count). The largest absolute Gasteiger partial charge is 0.389 e. The lowest BCUT2D eigenvalue weighted by atomic mass is 10.6. The lowest BCUT2D eigenvalue weighted by Crippen LogP contribution is -2.00. The van der Waals surface area contributed by atoms with Crippen molar-refractivity contribution in [1.29, 1.82) is 0 Å². The molecule has 0 bridgehead atoms. The Morgan fingerprint density at radius 2 is 2.38 bits per heavy atom. The van der Waals surface area contributed by atoms with Crippen LogP contribution in [0.3, 0.4) is 0 Å². The van der Waals surface area contributed by atoms with E-state index >= 15 is 0 Å². The molecule has 0 saturated carbocycles. The lowest BCUT2D eigenvalue weighted by molar-refractivity contribution is -0.424. The SMILES string of the molecule is CN/C=C(/C)[N+](=O)[O-]. The zero-order valence-corrected chi connectivity index (χ0v) is 4.84. The van der Waals surface area contributed by atoms with Crippen molar-refractivity contribution in [3.05, 3.63) is 22.0 Å². The summed E-state index contributed by atoms with van der Waals surface area (Å²) >= 11 is 0. The quantitative estimate of drug-likeness (QED) is 0.418. The van der Waals surface area contributed by atoms with Crippen LogP contribution < -0.4 is 5.32 Å². The van der Waals surface area contributed by atoms with E-state index < -0.39 is 4.92 Å². The summed E-state index contributed by atoms with van der Waals surface area (Å²) in [7, 11) is 1.62. The molecule has 46 valence electrons. The van der Waals surface area contributed by atoms with Gasteiger partial charge >= 0.3 is 0 Å². The molecule has 0 amide bonds. The molecule has 4 nitrogen and oxygen atoms in total. The molecule has 0 spiro atoms. The van der Waals surface area contributed by atoms with Crippen LogP contribution in [-0.4, -0.2) is 12.0 Å². The van der Waals surface area contributed by atoms with Crippen molar-refractivity contribution in [2.24, 2.45) is 0 Å². The highest BCUT2D eigenvalue weighted by molar-refractivity contribution is 4.82. The van der Waals surface area contributed by atoms with Crippen LogP contribution in [0.25, 0.3) is 0 Å². The summed E-state index contributed by atoms with van der Waals surface area (Å²) in [4.78, 5) is 9.34. The second kappa shape index (κ2) is 3.01. The van der Waals surface area contributed by atoms with E-state index in [0.29, 0.717) is 0 Å². The maximum atomic E-state index is 9.79. The van der Waals surface area contributed by atoms with E-state index in [-0.39, 0.29) is 5.70 Å². The second-order valence-corrected chi connectivity index (χ2v) is 1.33. The van der Waals surface area contributed by atoms with Gasteiger partial charge in [0, 0.05) is 14.0 Å². The predicted molar refractivity (Wildman–Crippen MR) is 29.8 cm³/mol. The minimum Gasteiger partial charge on any atom is -0.389 e. The molecule has 0 aliphatic heterocycles. The molecule has 0 saturated heterocycles. The van der Waals surface area contributed by atoms with Crippen LogP contribution in [0.2, 0.25) is 0 Å². The molecule has 0 atom stereocenters. The molecule has 0 aromatic heterocycles. The number of allylic oxidation sites excluding steroid dienone is 1. The number of nitrogens with zero attached hydrogens (tertiary/aromatic N) is 1. The van der Waals surface area contributed by atoms with Gasteiger partial charge in [0.2, 0.25) is 0 Å². The summed E-state index contributed by atoms with van der Waals surface area (Å²) in [5.74, 6) is 0. The number of hydrogen-bond acceptors (Lipinski definition) is 3. The van der Waals surface area contributed by atoms with Gasteiger partial charge in [0.05, 0.1) is 11.1 Å². The van der Waals surface area contributed by atoms with Gasteiger partial charge in [0.15, 0.2) is 0 Å². The molecular formula is C4H8N2O2. The first-order chi connectivity index (χ1) is 3.68. The summed E-state index contributed by atoms with van der Waals surface area (Å²) in [6.45, 7) is 1.43. The highest BCUT2D eigenvalue weighted by atomic mass is 16.6. The van der Waals surface area contributed by atoms with E-state index in [1.165, 1.54) is 13.1 Å². The fourth-order valence-electron chi connectivity index (χ4n) is 0.262. The van der Waals surface area contributed by atoms with E-state index in [1.54, 1.807) is 7.05 Å². The van der Waals surface area contributed by atoms with E-state index in [2.05, 4.69) is 5.32 Å². The second-order valence-electron chi connectivity index (χ2n) is 1.33. The highest BCUT2D eigenvalue weighted by Crippen LogP contribution is 1.87. The van der Waals surface area contributed by atoms with Crippen LogP contribution in [-0.2, 0) is 0 Å². The first kappa shape index (κ1) is 6.94. The molecule has 0 fully saturated rings. The molecule has 0 unspecified atom stereocenters. The van der Waals surface area contributed by atoms with Gasteiger partial charge < -0.3 is 5.32 Å². The molecule has 8 heavy (non-hydrogen) atoms. The van der Waals surface area contributed by atoms with Gasteiger partial charge in [-0.05, 0) is 0 Å². The Kier molecular flexibility index (Phi) is 2.61. The Balaban J connectivity index is 3.80. The van der Waals surface area contributed by atoms with Crippen LogP contribution in [0.15, 0.2) is 11.9 Å². The van der Waals surface area contributed by atoms with Crippen molar-refractivity contribution >= 4 is 0 Å². The Hall–Kier alpha value is -1.06. The van der Waals surface area contributed by atoms with Crippen LogP contribution in [0.4, 0.5) is 0 Å². The highest BCUT2D eigenvalue weighted by Gasteiger charge is 1.96. The number of rotatable bonds is 2. The van der Waals surface area contributed by atoms with Gasteiger partial charge in [-0.25, -0.2) is 0 Å². The van der Waals surface area contributed by atoms with E-state index in [9.17, 15) is 10.1 Å². The minimum absolute atomic E-state index is 0.118. The van der Waals surface area contributed by atoms with Crippen molar-refractivity contribution in [2.45, 2.75) is 6.92 Å². The molecule has 0 aromatic carbocycles. The van der Waals surface area contributed by atoms with Crippen molar-refractivity contribution in [3.8, 4) is 0 Å². The molecule has 0 aromatic rings. The molecule has 1 N–H and O–H groups in total. The zero-order valence-electron chi connectivity index (χ0n) is 4.84. The third-order valence-corrected chi connectivity index (χ3v) is 0.641. The van der Waals surface area contributed by atoms with Crippen LogP contribution in [0.5, 0.6) is 0 Å². The number of hydrogen-bond donors (Lipinski definition) is 1. The van der Waals surface area contributed by atoms with Gasteiger partial charge in [-0.3, -0.25) is 10.1 Å². The van der Waals surface area contributed by atoms with Gasteiger partial charge in [-0.2, -0.15) is 0 Å². The summed E-state index contributed by atoms with van der Waals surface area (Å²) in [6.07, 6.45) is 1.33. The zero-order chi connectivity index (χ0) is 6.57. The topological polar surface area (TPSA) is 55.2 Å². The Bertz CT molecular complexity index is 119. The number of nitrogens with one attached hydrogen (secondary N) is 1. The minimum atomic E-state index is -0.448. The first-order valence-corrected chi connectivity index (χ1v) is 2.17. The van der Waals surface area contributed by atoms with Gasteiger partial charge in [-0.15, -0.1) is 0 Å². The molecule has 0 aliphatic carbocycles. The predicted octanol–water partition coefficient (Wildman–Crippen LogP) is 0.344. The Labute approximate surface area is 47.3 Å². The van der Waals surface area contributed by atoms with Gasteiger partial charge in [0.1, 0.15) is 0 Å². The fraction of sp³-hybridized carbons (Fsp3) is 0.500. The van der Waals surface area contributed by atoms with Gasteiger partial charge in [0.25, 0.3) is 5.70 Å². The third kappa shape index (κ3) is 2.17. The van der Waals surface area contributed by atoms with Crippen molar-refractivity contribution in [3.63, 3.8) is 0 Å². The van der Waals surface area contributed by atoms with E-state index in [0.717, 1.165) is 0 Å². The van der Waals surface area contributed by atoms with Crippen molar-refractivity contribution in [2.75, 3.05) is 7.05 Å². The van der Waals surface area contributed by atoms with Crippen LogP contribution >= 0.6 is 0 Å². The van der Waals surface area contributed by atoms with Crippen LogP contribution in [0.1, 0.15) is 6.92 Å². The summed E-state index contributed by atoms with van der Waals surface area (Å²) in [5, 5.41) is 12.3. The monoisotopic (exact) mass is 116 g/mol. The maximum Gasteiger partial charge on any atom is 0.258 e. The molecular weight excluding hydrogens is 108 g/mol. The smallest absolute Gasteiger partial charge is 0.258 e. The number of nitro groups is 1. The summed E-state index contributed by atoms with van der Waals surface area (Å²) in [5.41, 5.74) is 0.118.